The van der Waals surface area contributed by atoms with E-state index in [1.807, 2.05) is 13.8 Å². The van der Waals surface area contributed by atoms with Gasteiger partial charge >= 0.3 is 0 Å². The quantitative estimate of drug-likeness (QED) is 0.851. The Balaban J connectivity index is 3.07. The molecule has 0 aromatic carbocycles. The summed E-state index contributed by atoms with van der Waals surface area (Å²) < 4.78 is 31.2. The molecule has 5 nitrogen and oxygen atoms in total. The van der Waals surface area contributed by atoms with Crippen molar-refractivity contribution in [1.29, 1.82) is 0 Å². The van der Waals surface area contributed by atoms with Gasteiger partial charge in [-0.25, -0.2) is 13.1 Å². The van der Waals surface area contributed by atoms with E-state index in [9.17, 15) is 8.42 Å². The first-order valence-corrected chi connectivity index (χ1v) is 6.32. The van der Waals surface area contributed by atoms with Gasteiger partial charge in [0.05, 0.1) is 0 Å². The standard InChI is InChI=1S/C9H16N2O3S/c1-5-6(2)11-15(12,13)9-7(3)10-14-8(9)4/h6,11H,5H2,1-4H3/t6-/m1/s1. The second kappa shape index (κ2) is 4.32. The fraction of sp³-hybridized carbons (Fsp3) is 0.667. The lowest BCUT2D eigenvalue weighted by molar-refractivity contribution is 0.390. The molecule has 0 aliphatic rings. The molecule has 15 heavy (non-hydrogen) atoms. The lowest BCUT2D eigenvalue weighted by Gasteiger charge is -2.11. The van der Waals surface area contributed by atoms with Crippen molar-refractivity contribution in [2.24, 2.45) is 0 Å². The predicted molar refractivity (Wildman–Crippen MR) is 56.1 cm³/mol. The minimum atomic E-state index is -3.50. The van der Waals surface area contributed by atoms with Crippen LogP contribution in [0, 0.1) is 13.8 Å². The average Bonchev–Trinajstić information content (AvgIpc) is 2.45. The summed E-state index contributed by atoms with van der Waals surface area (Å²) in [6, 6.07) is -0.0938. The molecule has 0 fully saturated rings. The summed E-state index contributed by atoms with van der Waals surface area (Å²) in [6.45, 7) is 6.93. The van der Waals surface area contributed by atoms with E-state index < -0.39 is 10.0 Å². The van der Waals surface area contributed by atoms with Crippen LogP contribution in [0.3, 0.4) is 0 Å². The van der Waals surface area contributed by atoms with E-state index in [0.29, 0.717) is 11.5 Å². The number of nitrogens with zero attached hydrogens (tertiary/aromatic N) is 1. The number of rotatable bonds is 4. The molecule has 86 valence electrons. The summed E-state index contributed by atoms with van der Waals surface area (Å²) >= 11 is 0. The first-order valence-electron chi connectivity index (χ1n) is 4.83. The van der Waals surface area contributed by atoms with E-state index in [0.717, 1.165) is 6.42 Å². The Bertz CT molecular complexity index is 417. The molecule has 1 atom stereocenters. The first kappa shape index (κ1) is 12.2. The zero-order valence-corrected chi connectivity index (χ0v) is 10.2. The number of aryl methyl sites for hydroxylation is 2. The van der Waals surface area contributed by atoms with Gasteiger partial charge < -0.3 is 4.52 Å². The Morgan fingerprint density at radius 2 is 2.07 bits per heavy atom. The fourth-order valence-electron chi connectivity index (χ4n) is 1.27. The van der Waals surface area contributed by atoms with E-state index in [-0.39, 0.29) is 10.9 Å². The highest BCUT2D eigenvalue weighted by Crippen LogP contribution is 2.18. The highest BCUT2D eigenvalue weighted by atomic mass is 32.2. The van der Waals surface area contributed by atoms with Crippen LogP contribution in [0.5, 0.6) is 0 Å². The van der Waals surface area contributed by atoms with Gasteiger partial charge in [0.25, 0.3) is 0 Å². The molecule has 0 amide bonds. The van der Waals surface area contributed by atoms with Gasteiger partial charge in [-0.3, -0.25) is 0 Å². The molecule has 1 aromatic heterocycles. The maximum absolute atomic E-state index is 11.9. The summed E-state index contributed by atoms with van der Waals surface area (Å²) in [4.78, 5) is 0.155. The van der Waals surface area contributed by atoms with Crippen LogP contribution in [-0.2, 0) is 10.0 Å². The number of nitrogens with one attached hydrogen (secondary N) is 1. The molecule has 0 radical (unpaired) electrons. The van der Waals surface area contributed by atoms with E-state index in [4.69, 9.17) is 4.52 Å². The average molecular weight is 232 g/mol. The van der Waals surface area contributed by atoms with Crippen molar-refractivity contribution in [2.75, 3.05) is 0 Å². The second-order valence-corrected chi connectivity index (χ2v) is 5.23. The van der Waals surface area contributed by atoms with Gasteiger partial charge in [-0.05, 0) is 27.2 Å². The number of sulfonamides is 1. The molecule has 6 heteroatoms. The van der Waals surface area contributed by atoms with Crippen LogP contribution in [-0.4, -0.2) is 19.6 Å². The van der Waals surface area contributed by atoms with Gasteiger partial charge in [0.15, 0.2) is 5.76 Å². The number of hydrogen-bond donors (Lipinski definition) is 1. The molecule has 0 saturated carbocycles. The molecule has 1 aromatic rings. The van der Waals surface area contributed by atoms with Crippen LogP contribution in [0.1, 0.15) is 31.7 Å². The van der Waals surface area contributed by atoms with Crippen molar-refractivity contribution in [1.82, 2.24) is 9.88 Å². The molecule has 1 N–H and O–H groups in total. The summed E-state index contributed by atoms with van der Waals surface area (Å²) in [7, 11) is -3.50. The normalized spacial score (nSPS) is 14.1. The van der Waals surface area contributed by atoms with Crippen LogP contribution in [0.4, 0.5) is 0 Å². The minimum Gasteiger partial charge on any atom is -0.360 e. The third kappa shape index (κ3) is 2.57. The largest absolute Gasteiger partial charge is 0.360 e. The fourth-order valence-corrected chi connectivity index (χ4v) is 2.92. The van der Waals surface area contributed by atoms with Crippen LogP contribution in [0.15, 0.2) is 9.42 Å². The molecule has 0 aliphatic carbocycles. The minimum absolute atomic E-state index is 0.0938. The van der Waals surface area contributed by atoms with Crippen molar-refractivity contribution >= 4 is 10.0 Å². The lowest BCUT2D eigenvalue weighted by atomic mass is 10.3. The molecule has 0 unspecified atom stereocenters. The second-order valence-electron chi connectivity index (χ2n) is 3.58. The van der Waals surface area contributed by atoms with E-state index >= 15 is 0 Å². The smallest absolute Gasteiger partial charge is 0.246 e. The van der Waals surface area contributed by atoms with Gasteiger partial charge in [0.2, 0.25) is 10.0 Å². The zero-order chi connectivity index (χ0) is 11.6. The summed E-state index contributed by atoms with van der Waals surface area (Å²) in [5.41, 5.74) is 0.392. The van der Waals surface area contributed by atoms with Crippen molar-refractivity contribution in [3.8, 4) is 0 Å². The summed E-state index contributed by atoms with van der Waals surface area (Å²) in [6.07, 6.45) is 0.739. The Labute approximate surface area is 89.9 Å². The van der Waals surface area contributed by atoms with Gasteiger partial charge in [-0.15, -0.1) is 0 Å². The molecule has 0 bridgehead atoms. The monoisotopic (exact) mass is 232 g/mol. The van der Waals surface area contributed by atoms with Crippen LogP contribution >= 0.6 is 0 Å². The van der Waals surface area contributed by atoms with Gasteiger partial charge in [0.1, 0.15) is 10.6 Å². The highest BCUT2D eigenvalue weighted by molar-refractivity contribution is 7.89. The van der Waals surface area contributed by atoms with E-state index in [2.05, 4.69) is 9.88 Å². The van der Waals surface area contributed by atoms with Crippen LogP contribution < -0.4 is 4.72 Å². The molecular weight excluding hydrogens is 216 g/mol. The van der Waals surface area contributed by atoms with Gasteiger partial charge in [-0.1, -0.05) is 12.1 Å². The van der Waals surface area contributed by atoms with Crippen molar-refractivity contribution in [3.63, 3.8) is 0 Å². The Morgan fingerprint density at radius 1 is 1.47 bits per heavy atom. The predicted octanol–water partition coefficient (Wildman–Crippen LogP) is 1.37. The summed E-state index contributed by atoms with van der Waals surface area (Å²) in [5, 5.41) is 3.62. The van der Waals surface area contributed by atoms with Gasteiger partial charge in [0, 0.05) is 6.04 Å². The Hall–Kier alpha value is -0.880. The first-order chi connectivity index (χ1) is 6.88. The SMILES string of the molecule is CC[C@@H](C)NS(=O)(=O)c1c(C)noc1C. The number of aromatic nitrogens is 1. The molecule has 0 spiro atoms. The van der Waals surface area contributed by atoms with E-state index in [1.54, 1.807) is 13.8 Å². The summed E-state index contributed by atoms with van der Waals surface area (Å²) in [5.74, 6) is 0.323. The Kier molecular flexibility index (Phi) is 3.51. The number of hydrogen-bond acceptors (Lipinski definition) is 4. The third-order valence-corrected chi connectivity index (χ3v) is 4.04. The van der Waals surface area contributed by atoms with Crippen molar-refractivity contribution < 1.29 is 12.9 Å². The Morgan fingerprint density at radius 3 is 2.47 bits per heavy atom. The maximum atomic E-state index is 11.9. The molecule has 1 heterocycles. The van der Waals surface area contributed by atoms with Crippen LogP contribution in [0.25, 0.3) is 0 Å². The molecule has 0 saturated heterocycles. The topological polar surface area (TPSA) is 72.2 Å². The lowest BCUT2D eigenvalue weighted by Crippen LogP contribution is -2.32. The molecule has 0 aliphatic heterocycles. The third-order valence-electron chi connectivity index (χ3n) is 2.21. The van der Waals surface area contributed by atoms with Crippen molar-refractivity contribution in [2.45, 2.75) is 45.1 Å². The molecule has 1 rings (SSSR count). The van der Waals surface area contributed by atoms with Crippen LogP contribution in [0.2, 0.25) is 0 Å². The van der Waals surface area contributed by atoms with Crippen molar-refractivity contribution in [3.05, 3.63) is 11.5 Å². The zero-order valence-electron chi connectivity index (χ0n) is 9.36. The highest BCUT2D eigenvalue weighted by Gasteiger charge is 2.24. The van der Waals surface area contributed by atoms with E-state index in [1.165, 1.54) is 0 Å². The molecular formula is C9H16N2O3S. The maximum Gasteiger partial charge on any atom is 0.246 e. The van der Waals surface area contributed by atoms with Gasteiger partial charge in [-0.2, -0.15) is 0 Å².